The van der Waals surface area contributed by atoms with Gasteiger partial charge in [0.25, 0.3) is 0 Å². The fourth-order valence-electron chi connectivity index (χ4n) is 2.97. The molecule has 1 aromatic heterocycles. The van der Waals surface area contributed by atoms with Gasteiger partial charge in [0.2, 0.25) is 5.91 Å². The van der Waals surface area contributed by atoms with E-state index in [1.165, 1.54) is 0 Å². The molecule has 124 valence electrons. The van der Waals surface area contributed by atoms with E-state index in [9.17, 15) is 9.59 Å². The third-order valence-corrected chi connectivity index (χ3v) is 4.29. The third kappa shape index (κ3) is 3.47. The first kappa shape index (κ1) is 15.8. The lowest BCUT2D eigenvalue weighted by Gasteiger charge is -2.32. The van der Waals surface area contributed by atoms with Crippen molar-refractivity contribution in [2.75, 3.05) is 19.7 Å². The molecule has 1 atom stereocenters. The van der Waals surface area contributed by atoms with Crippen LogP contribution in [0.2, 0.25) is 0 Å². The van der Waals surface area contributed by atoms with E-state index >= 15 is 0 Å². The number of amides is 1. The highest BCUT2D eigenvalue weighted by Crippen LogP contribution is 2.14. The number of hydrogen-bond donors (Lipinski definition) is 0. The molecule has 0 aliphatic carbocycles. The first-order chi connectivity index (χ1) is 11.2. The lowest BCUT2D eigenvalue weighted by atomic mass is 10.2. The number of aromatic nitrogens is 1. The third-order valence-electron chi connectivity index (χ3n) is 4.29. The van der Waals surface area contributed by atoms with Gasteiger partial charge in [-0.05, 0) is 25.0 Å². The molecule has 23 heavy (non-hydrogen) atoms. The van der Waals surface area contributed by atoms with Crippen molar-refractivity contribution >= 4 is 17.0 Å². The van der Waals surface area contributed by atoms with Crippen LogP contribution in [0.3, 0.4) is 0 Å². The number of aryl methyl sites for hydroxylation is 1. The summed E-state index contributed by atoms with van der Waals surface area (Å²) in [7, 11) is 0. The summed E-state index contributed by atoms with van der Waals surface area (Å²) in [5.74, 6) is -0.233. The number of fused-ring (bicyclic) bond motifs is 1. The zero-order valence-electron chi connectivity index (χ0n) is 13.4. The smallest absolute Gasteiger partial charge is 0.408 e. The van der Waals surface area contributed by atoms with Crippen LogP contribution in [0.5, 0.6) is 0 Å². The first-order valence-corrected chi connectivity index (χ1v) is 8.16. The molecule has 1 aliphatic rings. The Morgan fingerprint density at radius 1 is 1.35 bits per heavy atom. The van der Waals surface area contributed by atoms with Crippen molar-refractivity contribution in [2.45, 2.75) is 38.8 Å². The molecule has 3 rings (SSSR count). The topological polar surface area (TPSA) is 64.7 Å². The number of hydrogen-bond acceptors (Lipinski definition) is 4. The van der Waals surface area contributed by atoms with Gasteiger partial charge in [-0.2, -0.15) is 0 Å². The van der Waals surface area contributed by atoms with E-state index in [4.69, 9.17) is 9.15 Å². The first-order valence-electron chi connectivity index (χ1n) is 8.16. The quantitative estimate of drug-likeness (QED) is 0.846. The zero-order valence-corrected chi connectivity index (χ0v) is 13.4. The number of morpholine rings is 1. The second kappa shape index (κ2) is 7.00. The van der Waals surface area contributed by atoms with Gasteiger partial charge in [-0.3, -0.25) is 9.36 Å². The normalized spacial score (nSPS) is 18.5. The number of para-hydroxylation sites is 2. The molecule has 0 spiro atoms. The Hall–Kier alpha value is -2.08. The van der Waals surface area contributed by atoms with E-state index < -0.39 is 0 Å². The molecule has 6 heteroatoms. The van der Waals surface area contributed by atoms with Gasteiger partial charge in [0.05, 0.1) is 18.2 Å². The summed E-state index contributed by atoms with van der Waals surface area (Å²) in [5.41, 5.74) is 1.37. The molecular formula is C17H22N2O4. The number of carbonyl (C=O) groups excluding carboxylic acids is 1. The maximum atomic E-state index is 12.3. The Morgan fingerprint density at radius 2 is 2.17 bits per heavy atom. The van der Waals surface area contributed by atoms with Crippen molar-refractivity contribution < 1.29 is 13.9 Å². The van der Waals surface area contributed by atoms with E-state index in [0.29, 0.717) is 44.7 Å². The van der Waals surface area contributed by atoms with Crippen LogP contribution in [0.25, 0.3) is 11.1 Å². The summed E-state index contributed by atoms with van der Waals surface area (Å²) in [6.45, 7) is 4.49. The fourth-order valence-corrected chi connectivity index (χ4v) is 2.97. The Balaban J connectivity index is 1.57. The summed E-state index contributed by atoms with van der Waals surface area (Å²) < 4.78 is 12.4. The van der Waals surface area contributed by atoms with Gasteiger partial charge >= 0.3 is 5.76 Å². The van der Waals surface area contributed by atoms with Crippen LogP contribution >= 0.6 is 0 Å². The summed E-state index contributed by atoms with van der Waals surface area (Å²) in [6, 6.07) is 7.34. The Bertz CT molecular complexity index is 734. The maximum Gasteiger partial charge on any atom is 0.419 e. The molecule has 1 fully saturated rings. The molecule has 0 N–H and O–H groups in total. The van der Waals surface area contributed by atoms with Crippen molar-refractivity contribution in [2.24, 2.45) is 0 Å². The monoisotopic (exact) mass is 318 g/mol. The van der Waals surface area contributed by atoms with Gasteiger partial charge in [0, 0.05) is 26.1 Å². The molecule has 0 saturated carbocycles. The second-order valence-electron chi connectivity index (χ2n) is 5.83. The van der Waals surface area contributed by atoms with E-state index in [-0.39, 0.29) is 17.8 Å². The van der Waals surface area contributed by atoms with Gasteiger partial charge in [0.1, 0.15) is 0 Å². The summed E-state index contributed by atoms with van der Waals surface area (Å²) >= 11 is 0. The van der Waals surface area contributed by atoms with E-state index in [1.807, 2.05) is 23.1 Å². The predicted molar refractivity (Wildman–Crippen MR) is 86.3 cm³/mol. The van der Waals surface area contributed by atoms with Crippen molar-refractivity contribution in [1.29, 1.82) is 0 Å². The van der Waals surface area contributed by atoms with Crippen LogP contribution in [-0.4, -0.2) is 41.2 Å². The molecule has 1 amide bonds. The van der Waals surface area contributed by atoms with Gasteiger partial charge < -0.3 is 14.1 Å². The van der Waals surface area contributed by atoms with E-state index in [1.54, 1.807) is 10.6 Å². The van der Waals surface area contributed by atoms with Crippen molar-refractivity contribution in [1.82, 2.24) is 9.47 Å². The predicted octanol–water partition coefficient (Wildman–Crippen LogP) is 2.01. The minimum atomic E-state index is -0.365. The fraction of sp³-hybridized carbons (Fsp3) is 0.529. The zero-order chi connectivity index (χ0) is 16.2. The highest BCUT2D eigenvalue weighted by atomic mass is 16.5. The van der Waals surface area contributed by atoms with Crippen LogP contribution in [-0.2, 0) is 16.1 Å². The Labute approximate surface area is 134 Å². The van der Waals surface area contributed by atoms with Crippen molar-refractivity contribution in [3.8, 4) is 0 Å². The van der Waals surface area contributed by atoms with Gasteiger partial charge in [-0.15, -0.1) is 0 Å². The van der Waals surface area contributed by atoms with E-state index in [0.717, 1.165) is 11.9 Å². The molecule has 1 aromatic carbocycles. The molecule has 1 saturated heterocycles. The summed E-state index contributed by atoms with van der Waals surface area (Å²) in [4.78, 5) is 26.0. The number of nitrogens with zero attached hydrogens (tertiary/aromatic N) is 2. The van der Waals surface area contributed by atoms with Crippen molar-refractivity contribution in [3.63, 3.8) is 0 Å². The van der Waals surface area contributed by atoms with Gasteiger partial charge in [0.15, 0.2) is 5.58 Å². The Morgan fingerprint density at radius 3 is 3.00 bits per heavy atom. The molecule has 6 nitrogen and oxygen atoms in total. The second-order valence-corrected chi connectivity index (χ2v) is 5.83. The average Bonchev–Trinajstić information content (AvgIpc) is 2.90. The number of carbonyl (C=O) groups is 1. The molecule has 2 aromatic rings. The number of rotatable bonds is 5. The van der Waals surface area contributed by atoms with Crippen LogP contribution in [0.15, 0.2) is 33.5 Å². The van der Waals surface area contributed by atoms with Crippen molar-refractivity contribution in [3.05, 3.63) is 34.8 Å². The molecule has 0 unspecified atom stereocenters. The Kier molecular flexibility index (Phi) is 4.81. The molecule has 0 bridgehead atoms. The number of ether oxygens (including phenoxy) is 1. The minimum absolute atomic E-state index is 0.132. The number of benzene rings is 1. The minimum Gasteiger partial charge on any atom is -0.408 e. The lowest BCUT2D eigenvalue weighted by molar-refractivity contribution is -0.139. The SMILES string of the molecule is CC[C@H]1CN(C(=O)CCCn2c(=O)oc3ccccc32)CCO1. The summed E-state index contributed by atoms with van der Waals surface area (Å²) in [5, 5.41) is 0. The molecule has 0 radical (unpaired) electrons. The van der Waals surface area contributed by atoms with Gasteiger partial charge in [-0.1, -0.05) is 19.1 Å². The molecular weight excluding hydrogens is 296 g/mol. The molecule has 2 heterocycles. The largest absolute Gasteiger partial charge is 0.419 e. The van der Waals surface area contributed by atoms with Crippen LogP contribution in [0.4, 0.5) is 0 Å². The number of oxazole rings is 1. The van der Waals surface area contributed by atoms with Gasteiger partial charge in [-0.25, -0.2) is 4.79 Å². The van der Waals surface area contributed by atoms with E-state index in [2.05, 4.69) is 6.92 Å². The van der Waals surface area contributed by atoms with Crippen LogP contribution < -0.4 is 5.76 Å². The molecule has 1 aliphatic heterocycles. The summed E-state index contributed by atoms with van der Waals surface area (Å²) in [6.07, 6.45) is 2.12. The standard InChI is InChI=1S/C17H22N2O4/c1-2-13-12-18(10-11-22-13)16(20)8-5-9-19-14-6-3-4-7-15(14)23-17(19)21/h3-4,6-7,13H,2,5,8-12H2,1H3/t13-/m0/s1. The lowest BCUT2D eigenvalue weighted by Crippen LogP contribution is -2.45. The average molecular weight is 318 g/mol. The highest BCUT2D eigenvalue weighted by Gasteiger charge is 2.22. The maximum absolute atomic E-state index is 12.3. The van der Waals surface area contributed by atoms with Crippen LogP contribution in [0.1, 0.15) is 26.2 Å². The highest BCUT2D eigenvalue weighted by molar-refractivity contribution is 5.76. The van der Waals surface area contributed by atoms with Crippen LogP contribution in [0, 0.1) is 0 Å².